The van der Waals surface area contributed by atoms with E-state index in [1.54, 1.807) is 11.7 Å². The highest BCUT2D eigenvalue weighted by Crippen LogP contribution is 2.09. The summed E-state index contributed by atoms with van der Waals surface area (Å²) in [5.41, 5.74) is 5.33. The second-order valence-electron chi connectivity index (χ2n) is 3.12. The number of nitrogens with zero attached hydrogens (tertiary/aromatic N) is 3. The maximum Gasteiger partial charge on any atom is 0.306 e. The zero-order valence-corrected chi connectivity index (χ0v) is 8.05. The van der Waals surface area contributed by atoms with Crippen molar-refractivity contribution in [3.63, 3.8) is 0 Å². The number of hydrogen-bond acceptors (Lipinski definition) is 4. The molecule has 0 aromatic carbocycles. The molecule has 0 aliphatic carbocycles. The standard InChI is InChI=1S/C8H14N4O2/c1-12-7(10-5-11-12)4-6(2-3-9)8(13)14/h5-6H,2-4,9H2,1H3,(H,13,14). The Labute approximate surface area is 81.7 Å². The molecule has 0 saturated heterocycles. The summed E-state index contributed by atoms with van der Waals surface area (Å²) in [6, 6.07) is 0. The quantitative estimate of drug-likeness (QED) is 0.659. The first-order valence-electron chi connectivity index (χ1n) is 4.41. The molecule has 78 valence electrons. The van der Waals surface area contributed by atoms with Gasteiger partial charge in [-0.25, -0.2) is 4.98 Å². The van der Waals surface area contributed by atoms with Crippen LogP contribution in [0.2, 0.25) is 0 Å². The van der Waals surface area contributed by atoms with Gasteiger partial charge in [-0.3, -0.25) is 9.48 Å². The van der Waals surface area contributed by atoms with E-state index in [-0.39, 0.29) is 0 Å². The maximum atomic E-state index is 10.8. The van der Waals surface area contributed by atoms with E-state index in [2.05, 4.69) is 10.1 Å². The predicted molar refractivity (Wildman–Crippen MR) is 49.5 cm³/mol. The van der Waals surface area contributed by atoms with Gasteiger partial charge in [0.15, 0.2) is 0 Å². The van der Waals surface area contributed by atoms with Gasteiger partial charge in [-0.05, 0) is 13.0 Å². The minimum atomic E-state index is -0.835. The van der Waals surface area contributed by atoms with Gasteiger partial charge in [-0.2, -0.15) is 5.10 Å². The summed E-state index contributed by atoms with van der Waals surface area (Å²) in [7, 11) is 1.74. The molecule has 0 aliphatic rings. The van der Waals surface area contributed by atoms with Crippen LogP contribution in [0.5, 0.6) is 0 Å². The van der Waals surface area contributed by atoms with Crippen LogP contribution in [0.4, 0.5) is 0 Å². The molecule has 0 spiro atoms. The average molecular weight is 198 g/mol. The van der Waals surface area contributed by atoms with Gasteiger partial charge in [0.25, 0.3) is 0 Å². The van der Waals surface area contributed by atoms with Crippen LogP contribution in [0.1, 0.15) is 12.2 Å². The van der Waals surface area contributed by atoms with E-state index in [1.807, 2.05) is 0 Å². The lowest BCUT2D eigenvalue weighted by molar-refractivity contribution is -0.141. The molecule has 1 heterocycles. The minimum absolute atomic E-state index is 0.370. The Bertz CT molecular complexity index is 310. The van der Waals surface area contributed by atoms with Gasteiger partial charge < -0.3 is 10.8 Å². The van der Waals surface area contributed by atoms with Gasteiger partial charge in [-0.15, -0.1) is 0 Å². The smallest absolute Gasteiger partial charge is 0.306 e. The van der Waals surface area contributed by atoms with Crippen molar-refractivity contribution in [1.29, 1.82) is 0 Å². The molecule has 0 fully saturated rings. The lowest BCUT2D eigenvalue weighted by Crippen LogP contribution is -2.21. The van der Waals surface area contributed by atoms with Gasteiger partial charge >= 0.3 is 5.97 Å². The summed E-state index contributed by atoms with van der Waals surface area (Å²) >= 11 is 0. The van der Waals surface area contributed by atoms with Crippen LogP contribution in [0.15, 0.2) is 6.33 Å². The van der Waals surface area contributed by atoms with E-state index in [0.29, 0.717) is 25.2 Å². The number of aromatic nitrogens is 3. The Hall–Kier alpha value is -1.43. The highest BCUT2D eigenvalue weighted by Gasteiger charge is 2.19. The molecule has 0 amide bonds. The van der Waals surface area contributed by atoms with E-state index in [9.17, 15) is 4.79 Å². The topological polar surface area (TPSA) is 94.0 Å². The number of carboxylic acids is 1. The number of hydrogen-bond donors (Lipinski definition) is 2. The molecule has 1 aromatic heterocycles. The minimum Gasteiger partial charge on any atom is -0.481 e. The van der Waals surface area contributed by atoms with Crippen LogP contribution in [0.3, 0.4) is 0 Å². The van der Waals surface area contributed by atoms with E-state index >= 15 is 0 Å². The Morgan fingerprint density at radius 2 is 2.50 bits per heavy atom. The van der Waals surface area contributed by atoms with Crippen molar-refractivity contribution in [3.05, 3.63) is 12.2 Å². The molecule has 6 nitrogen and oxygen atoms in total. The largest absolute Gasteiger partial charge is 0.481 e. The van der Waals surface area contributed by atoms with Crippen molar-refractivity contribution < 1.29 is 9.90 Å². The Morgan fingerprint density at radius 3 is 2.93 bits per heavy atom. The third kappa shape index (κ3) is 2.53. The summed E-state index contributed by atoms with van der Waals surface area (Å²) in [6.45, 7) is 0.370. The normalized spacial score (nSPS) is 12.7. The lowest BCUT2D eigenvalue weighted by Gasteiger charge is -2.09. The predicted octanol–water partition coefficient (Wildman–Crippen LogP) is -0.593. The van der Waals surface area contributed by atoms with Crippen molar-refractivity contribution >= 4 is 5.97 Å². The fraction of sp³-hybridized carbons (Fsp3) is 0.625. The molecule has 14 heavy (non-hydrogen) atoms. The van der Waals surface area contributed by atoms with Crippen molar-refractivity contribution in [3.8, 4) is 0 Å². The molecule has 1 atom stereocenters. The third-order valence-corrected chi connectivity index (χ3v) is 2.10. The molecular formula is C8H14N4O2. The van der Waals surface area contributed by atoms with Gasteiger partial charge in [0.1, 0.15) is 12.2 Å². The Kier molecular flexibility index (Phi) is 3.58. The van der Waals surface area contributed by atoms with E-state index in [4.69, 9.17) is 10.8 Å². The van der Waals surface area contributed by atoms with Crippen molar-refractivity contribution in [2.45, 2.75) is 12.8 Å². The van der Waals surface area contributed by atoms with Gasteiger partial charge in [0.05, 0.1) is 5.92 Å². The highest BCUT2D eigenvalue weighted by molar-refractivity contribution is 5.70. The summed E-state index contributed by atoms with van der Waals surface area (Å²) in [5.74, 6) is -0.632. The molecule has 0 saturated carbocycles. The third-order valence-electron chi connectivity index (χ3n) is 2.10. The van der Waals surface area contributed by atoms with E-state index in [0.717, 1.165) is 0 Å². The zero-order valence-electron chi connectivity index (χ0n) is 8.05. The maximum absolute atomic E-state index is 10.8. The molecule has 1 unspecified atom stereocenters. The lowest BCUT2D eigenvalue weighted by atomic mass is 10.0. The summed E-state index contributed by atoms with van der Waals surface area (Å²) in [6.07, 6.45) is 2.25. The van der Waals surface area contributed by atoms with Gasteiger partial charge in [-0.1, -0.05) is 0 Å². The fourth-order valence-corrected chi connectivity index (χ4v) is 1.24. The van der Waals surface area contributed by atoms with Crippen molar-refractivity contribution in [1.82, 2.24) is 14.8 Å². The van der Waals surface area contributed by atoms with Crippen LogP contribution in [0, 0.1) is 5.92 Å². The Balaban J connectivity index is 2.64. The second-order valence-corrected chi connectivity index (χ2v) is 3.12. The molecule has 3 N–H and O–H groups in total. The average Bonchev–Trinajstić information content (AvgIpc) is 2.51. The van der Waals surface area contributed by atoms with Crippen LogP contribution < -0.4 is 5.73 Å². The summed E-state index contributed by atoms with van der Waals surface area (Å²) in [5, 5.41) is 12.8. The number of rotatable bonds is 5. The molecule has 0 aliphatic heterocycles. The van der Waals surface area contributed by atoms with Crippen LogP contribution in [-0.2, 0) is 18.3 Å². The number of aryl methyl sites for hydroxylation is 1. The van der Waals surface area contributed by atoms with Crippen LogP contribution in [0.25, 0.3) is 0 Å². The SMILES string of the molecule is Cn1ncnc1CC(CCN)C(=O)O. The molecule has 1 aromatic rings. The second kappa shape index (κ2) is 4.71. The highest BCUT2D eigenvalue weighted by atomic mass is 16.4. The summed E-state index contributed by atoms with van der Waals surface area (Å²) in [4.78, 5) is 14.8. The first-order valence-corrected chi connectivity index (χ1v) is 4.41. The number of nitrogens with two attached hydrogens (primary N) is 1. The molecule has 1 rings (SSSR count). The van der Waals surface area contributed by atoms with Crippen LogP contribution in [-0.4, -0.2) is 32.4 Å². The molecular weight excluding hydrogens is 184 g/mol. The van der Waals surface area contributed by atoms with Crippen molar-refractivity contribution in [2.24, 2.45) is 18.7 Å². The number of carbonyl (C=O) groups is 1. The van der Waals surface area contributed by atoms with Gasteiger partial charge in [0.2, 0.25) is 0 Å². The van der Waals surface area contributed by atoms with Gasteiger partial charge in [0, 0.05) is 13.5 Å². The molecule has 0 radical (unpaired) electrons. The number of carboxylic acid groups (broad SMARTS) is 1. The summed E-state index contributed by atoms with van der Waals surface area (Å²) < 4.78 is 1.58. The van der Waals surface area contributed by atoms with Crippen LogP contribution >= 0.6 is 0 Å². The first kappa shape index (κ1) is 10.6. The Morgan fingerprint density at radius 1 is 1.79 bits per heavy atom. The zero-order chi connectivity index (χ0) is 10.6. The number of aliphatic carboxylic acids is 1. The molecule has 6 heteroatoms. The van der Waals surface area contributed by atoms with Crippen molar-refractivity contribution in [2.75, 3.05) is 6.54 Å². The van der Waals surface area contributed by atoms with E-state index in [1.165, 1.54) is 6.33 Å². The fourth-order valence-electron chi connectivity index (χ4n) is 1.24. The molecule has 0 bridgehead atoms. The monoisotopic (exact) mass is 198 g/mol. The first-order chi connectivity index (χ1) is 6.65. The van der Waals surface area contributed by atoms with E-state index < -0.39 is 11.9 Å².